The van der Waals surface area contributed by atoms with Crippen LogP contribution in [0.15, 0.2) is 18.2 Å². The minimum atomic E-state index is 0.442. The number of thiocarbonyl (C=S) groups is 1. The second kappa shape index (κ2) is 5.57. The fourth-order valence-corrected chi connectivity index (χ4v) is 2.80. The van der Waals surface area contributed by atoms with Gasteiger partial charge in [-0.25, -0.2) is 0 Å². The normalized spacial score (nSPS) is 15.7. The van der Waals surface area contributed by atoms with Crippen LogP contribution in [0, 0.1) is 0 Å². The first kappa shape index (κ1) is 13.1. The molecule has 1 aliphatic carbocycles. The standard InChI is InChI=1S/C14H20N2OS/c1-16(10-5-3-4-6-10)13-9-11(17-2)7-8-12(13)14(15)18/h7-10H,3-6H2,1-2H3,(H2,15,18). The average Bonchev–Trinajstić information content (AvgIpc) is 2.90. The zero-order valence-electron chi connectivity index (χ0n) is 11.0. The molecule has 0 spiro atoms. The third-order valence-corrected chi connectivity index (χ3v) is 3.94. The Morgan fingerprint density at radius 2 is 2.06 bits per heavy atom. The number of benzene rings is 1. The second-order valence-corrected chi connectivity index (χ2v) is 5.24. The predicted octanol–water partition coefficient (Wildman–Crippen LogP) is 2.71. The lowest BCUT2D eigenvalue weighted by molar-refractivity contribution is 0.414. The third kappa shape index (κ3) is 2.58. The lowest BCUT2D eigenvalue weighted by Crippen LogP contribution is -2.30. The van der Waals surface area contributed by atoms with E-state index in [2.05, 4.69) is 11.9 Å². The minimum absolute atomic E-state index is 0.442. The summed E-state index contributed by atoms with van der Waals surface area (Å²) in [4.78, 5) is 2.74. The molecule has 0 amide bonds. The molecule has 1 aliphatic rings. The van der Waals surface area contributed by atoms with Gasteiger partial charge in [0.1, 0.15) is 10.7 Å². The van der Waals surface area contributed by atoms with E-state index >= 15 is 0 Å². The molecule has 1 fully saturated rings. The van der Waals surface area contributed by atoms with E-state index < -0.39 is 0 Å². The van der Waals surface area contributed by atoms with Crippen LogP contribution in [0.1, 0.15) is 31.2 Å². The number of hydrogen-bond acceptors (Lipinski definition) is 3. The maximum Gasteiger partial charge on any atom is 0.120 e. The number of nitrogens with zero attached hydrogens (tertiary/aromatic N) is 1. The average molecular weight is 264 g/mol. The lowest BCUT2D eigenvalue weighted by Gasteiger charge is -2.28. The van der Waals surface area contributed by atoms with E-state index in [9.17, 15) is 0 Å². The molecule has 2 N–H and O–H groups in total. The van der Waals surface area contributed by atoms with Crippen molar-refractivity contribution in [3.05, 3.63) is 23.8 Å². The van der Waals surface area contributed by atoms with Crippen molar-refractivity contribution in [3.8, 4) is 5.75 Å². The molecule has 0 atom stereocenters. The van der Waals surface area contributed by atoms with Crippen LogP contribution in [-0.2, 0) is 0 Å². The summed E-state index contributed by atoms with van der Waals surface area (Å²) >= 11 is 5.13. The molecule has 0 bridgehead atoms. The van der Waals surface area contributed by atoms with Crippen molar-refractivity contribution < 1.29 is 4.74 Å². The van der Waals surface area contributed by atoms with Crippen LogP contribution >= 0.6 is 12.2 Å². The molecule has 1 aromatic carbocycles. The van der Waals surface area contributed by atoms with Crippen LogP contribution in [0.25, 0.3) is 0 Å². The van der Waals surface area contributed by atoms with Crippen molar-refractivity contribution in [2.24, 2.45) is 5.73 Å². The minimum Gasteiger partial charge on any atom is -0.497 e. The molecule has 1 aromatic rings. The summed E-state index contributed by atoms with van der Waals surface area (Å²) < 4.78 is 5.29. The van der Waals surface area contributed by atoms with E-state index in [0.717, 1.165) is 17.0 Å². The molecule has 0 aliphatic heterocycles. The van der Waals surface area contributed by atoms with Crippen LogP contribution in [-0.4, -0.2) is 25.2 Å². The summed E-state index contributed by atoms with van der Waals surface area (Å²) in [5, 5.41) is 0. The highest BCUT2D eigenvalue weighted by Gasteiger charge is 2.22. The molecule has 4 heteroatoms. The van der Waals surface area contributed by atoms with Crippen molar-refractivity contribution in [2.75, 3.05) is 19.1 Å². The van der Waals surface area contributed by atoms with Crippen molar-refractivity contribution >= 4 is 22.9 Å². The van der Waals surface area contributed by atoms with E-state index in [1.807, 2.05) is 18.2 Å². The van der Waals surface area contributed by atoms with E-state index in [4.69, 9.17) is 22.7 Å². The van der Waals surface area contributed by atoms with Gasteiger partial charge in [-0.3, -0.25) is 0 Å². The Balaban J connectivity index is 2.35. The van der Waals surface area contributed by atoms with Gasteiger partial charge in [0.05, 0.1) is 12.8 Å². The summed E-state index contributed by atoms with van der Waals surface area (Å²) in [7, 11) is 3.79. The quantitative estimate of drug-likeness (QED) is 0.849. The maximum atomic E-state index is 5.81. The number of anilines is 1. The molecule has 1 saturated carbocycles. The van der Waals surface area contributed by atoms with Gasteiger partial charge in [0, 0.05) is 24.7 Å². The summed E-state index contributed by atoms with van der Waals surface area (Å²) in [6.45, 7) is 0. The van der Waals surface area contributed by atoms with Crippen LogP contribution in [0.4, 0.5) is 5.69 Å². The van der Waals surface area contributed by atoms with Gasteiger partial charge in [-0.1, -0.05) is 25.1 Å². The van der Waals surface area contributed by atoms with Gasteiger partial charge < -0.3 is 15.4 Å². The Hall–Kier alpha value is -1.29. The molecule has 0 heterocycles. The van der Waals surface area contributed by atoms with Gasteiger partial charge in [0.2, 0.25) is 0 Å². The number of methoxy groups -OCH3 is 1. The smallest absolute Gasteiger partial charge is 0.120 e. The zero-order valence-corrected chi connectivity index (χ0v) is 11.8. The number of nitrogens with two attached hydrogens (primary N) is 1. The first-order chi connectivity index (χ1) is 8.63. The predicted molar refractivity (Wildman–Crippen MR) is 79.5 cm³/mol. The molecular formula is C14H20N2OS. The molecule has 0 aromatic heterocycles. The summed E-state index contributed by atoms with van der Waals surface area (Å²) in [5.74, 6) is 0.842. The van der Waals surface area contributed by atoms with Gasteiger partial charge in [0.15, 0.2) is 0 Å². The first-order valence-corrected chi connectivity index (χ1v) is 6.75. The highest BCUT2D eigenvalue weighted by atomic mass is 32.1. The Morgan fingerprint density at radius 1 is 1.39 bits per heavy atom. The molecule has 0 unspecified atom stereocenters. The topological polar surface area (TPSA) is 38.5 Å². The molecule has 0 radical (unpaired) electrons. The highest BCUT2D eigenvalue weighted by molar-refractivity contribution is 7.80. The van der Waals surface area contributed by atoms with Gasteiger partial charge >= 0.3 is 0 Å². The SMILES string of the molecule is COc1ccc(C(N)=S)c(N(C)C2CCCC2)c1. The Bertz CT molecular complexity index is 441. The number of hydrogen-bond donors (Lipinski definition) is 1. The van der Waals surface area contributed by atoms with Crippen molar-refractivity contribution in [1.29, 1.82) is 0 Å². The lowest BCUT2D eigenvalue weighted by atomic mass is 10.1. The Morgan fingerprint density at radius 3 is 2.61 bits per heavy atom. The molecular weight excluding hydrogens is 244 g/mol. The second-order valence-electron chi connectivity index (χ2n) is 4.80. The van der Waals surface area contributed by atoms with Crippen LogP contribution in [0.2, 0.25) is 0 Å². The van der Waals surface area contributed by atoms with Crippen LogP contribution in [0.3, 0.4) is 0 Å². The number of rotatable bonds is 4. The molecule has 2 rings (SSSR count). The maximum absolute atomic E-state index is 5.81. The summed E-state index contributed by atoms with van der Waals surface area (Å²) in [5.41, 5.74) is 7.81. The number of ether oxygens (including phenoxy) is 1. The van der Waals surface area contributed by atoms with E-state index in [-0.39, 0.29) is 0 Å². The third-order valence-electron chi connectivity index (χ3n) is 3.72. The largest absolute Gasteiger partial charge is 0.497 e. The summed E-state index contributed by atoms with van der Waals surface area (Å²) in [6, 6.07) is 6.46. The van der Waals surface area contributed by atoms with Gasteiger partial charge in [0.25, 0.3) is 0 Å². The van der Waals surface area contributed by atoms with E-state index in [1.165, 1.54) is 25.7 Å². The van der Waals surface area contributed by atoms with E-state index in [0.29, 0.717) is 11.0 Å². The monoisotopic (exact) mass is 264 g/mol. The van der Waals surface area contributed by atoms with Crippen LogP contribution in [0.5, 0.6) is 5.75 Å². The fourth-order valence-electron chi connectivity index (χ4n) is 2.63. The van der Waals surface area contributed by atoms with Gasteiger partial charge in [-0.15, -0.1) is 0 Å². The highest BCUT2D eigenvalue weighted by Crippen LogP contribution is 2.31. The summed E-state index contributed by atoms with van der Waals surface area (Å²) in [6.07, 6.45) is 5.09. The molecule has 3 nitrogen and oxygen atoms in total. The van der Waals surface area contributed by atoms with Crippen molar-refractivity contribution in [2.45, 2.75) is 31.7 Å². The molecule has 18 heavy (non-hydrogen) atoms. The Kier molecular flexibility index (Phi) is 4.07. The van der Waals surface area contributed by atoms with Crippen molar-refractivity contribution in [1.82, 2.24) is 0 Å². The van der Waals surface area contributed by atoms with Gasteiger partial charge in [-0.2, -0.15) is 0 Å². The zero-order chi connectivity index (χ0) is 13.1. The Labute approximate surface area is 114 Å². The molecule has 98 valence electrons. The van der Waals surface area contributed by atoms with Gasteiger partial charge in [-0.05, 0) is 25.0 Å². The van der Waals surface area contributed by atoms with Crippen molar-refractivity contribution in [3.63, 3.8) is 0 Å². The van der Waals surface area contributed by atoms with Crippen LogP contribution < -0.4 is 15.4 Å². The fraction of sp³-hybridized carbons (Fsp3) is 0.500. The first-order valence-electron chi connectivity index (χ1n) is 6.34. The molecule has 0 saturated heterocycles. The van der Waals surface area contributed by atoms with E-state index in [1.54, 1.807) is 7.11 Å².